The zero-order valence-electron chi connectivity index (χ0n) is 17.1. The third-order valence-electron chi connectivity index (χ3n) is 3.49. The summed E-state index contributed by atoms with van der Waals surface area (Å²) >= 11 is 0. The Bertz CT molecular complexity index is 689. The normalized spacial score (nSPS) is 21.8. The third-order valence-corrected chi connectivity index (χ3v) is 5.24. The van der Waals surface area contributed by atoms with E-state index < -0.39 is 43.8 Å². The molecule has 29 heavy (non-hydrogen) atoms. The summed E-state index contributed by atoms with van der Waals surface area (Å²) in [5, 5.41) is 0. The Kier molecular flexibility index (Phi) is 10.1. The fourth-order valence-electron chi connectivity index (χ4n) is 2.47. The van der Waals surface area contributed by atoms with Crippen LogP contribution in [0.4, 0.5) is 0 Å². The van der Waals surface area contributed by atoms with Crippen LogP contribution in [0.3, 0.4) is 0 Å². The van der Waals surface area contributed by atoms with E-state index in [1.807, 2.05) is 0 Å². The maximum atomic E-state index is 12.6. The molecule has 1 aliphatic heterocycles. The van der Waals surface area contributed by atoms with Gasteiger partial charge in [0.25, 0.3) is 0 Å². The van der Waals surface area contributed by atoms with Gasteiger partial charge in [0.2, 0.25) is 0 Å². The lowest BCUT2D eigenvalue weighted by molar-refractivity contribution is -0.180. The van der Waals surface area contributed by atoms with Crippen molar-refractivity contribution in [2.75, 3.05) is 19.8 Å². The summed E-state index contributed by atoms with van der Waals surface area (Å²) < 4.78 is 44.0. The van der Waals surface area contributed by atoms with Gasteiger partial charge in [0.1, 0.15) is 6.61 Å². The maximum absolute atomic E-state index is 12.6. The molecule has 0 aromatic rings. The Morgan fingerprint density at radius 2 is 1.62 bits per heavy atom. The molecule has 0 aromatic carbocycles. The van der Waals surface area contributed by atoms with Gasteiger partial charge in [-0.15, -0.1) is 0 Å². The van der Waals surface area contributed by atoms with Crippen LogP contribution >= 0.6 is 7.60 Å². The highest BCUT2D eigenvalue weighted by molar-refractivity contribution is 7.57. The second kappa shape index (κ2) is 11.7. The summed E-state index contributed by atoms with van der Waals surface area (Å²) in [4.78, 5) is 34.3. The summed E-state index contributed by atoms with van der Waals surface area (Å²) in [5.41, 5.74) is 0.255. The molecule has 0 aromatic heterocycles. The molecule has 0 amide bonds. The van der Waals surface area contributed by atoms with Crippen molar-refractivity contribution in [3.8, 4) is 0 Å². The molecule has 0 spiro atoms. The number of carbonyl (C=O) groups excluding carboxylic acids is 3. The van der Waals surface area contributed by atoms with Crippen molar-refractivity contribution in [2.24, 2.45) is 0 Å². The summed E-state index contributed by atoms with van der Waals surface area (Å²) in [7, 11) is -3.53. The number of esters is 3. The highest BCUT2D eigenvalue weighted by Crippen LogP contribution is 2.50. The number of carbonyl (C=O) groups is 3. The van der Waals surface area contributed by atoms with Gasteiger partial charge in [-0.1, -0.05) is 0 Å². The monoisotopic (exact) mass is 434 g/mol. The molecule has 10 nitrogen and oxygen atoms in total. The second-order valence-electron chi connectivity index (χ2n) is 5.89. The van der Waals surface area contributed by atoms with Gasteiger partial charge in [0.05, 0.1) is 19.5 Å². The molecule has 3 atom stereocenters. The molecule has 1 rings (SSSR count). The van der Waals surface area contributed by atoms with Crippen molar-refractivity contribution in [1.29, 1.82) is 0 Å². The second-order valence-corrected chi connectivity index (χ2v) is 7.78. The van der Waals surface area contributed by atoms with Crippen molar-refractivity contribution in [2.45, 2.75) is 52.9 Å². The fraction of sp³-hybridized carbons (Fsp3) is 0.611. The topological polar surface area (TPSA) is 124 Å². The molecule has 0 bridgehead atoms. The van der Waals surface area contributed by atoms with E-state index >= 15 is 0 Å². The van der Waals surface area contributed by atoms with Crippen LogP contribution in [0.15, 0.2) is 23.7 Å². The van der Waals surface area contributed by atoms with E-state index in [0.29, 0.717) is 0 Å². The number of hydrogen-bond acceptors (Lipinski definition) is 10. The van der Waals surface area contributed by atoms with Crippen LogP contribution < -0.4 is 0 Å². The zero-order valence-corrected chi connectivity index (χ0v) is 18.0. The van der Waals surface area contributed by atoms with Crippen LogP contribution in [0.1, 0.15) is 34.6 Å². The van der Waals surface area contributed by atoms with Gasteiger partial charge in [-0.05, 0) is 19.9 Å². The average molecular weight is 434 g/mol. The smallest absolute Gasteiger partial charge is 0.354 e. The van der Waals surface area contributed by atoms with Crippen molar-refractivity contribution in [1.82, 2.24) is 0 Å². The lowest BCUT2D eigenvalue weighted by atomic mass is 9.98. The molecule has 0 N–H and O–H groups in total. The summed E-state index contributed by atoms with van der Waals surface area (Å²) in [5.74, 6) is -0.633. The number of rotatable bonds is 10. The van der Waals surface area contributed by atoms with Crippen LogP contribution in [0.25, 0.3) is 0 Å². The first-order valence-electron chi connectivity index (χ1n) is 9.03. The van der Waals surface area contributed by atoms with Gasteiger partial charge in [0, 0.05) is 32.2 Å². The molecule has 0 radical (unpaired) electrons. The van der Waals surface area contributed by atoms with E-state index in [9.17, 15) is 18.9 Å². The van der Waals surface area contributed by atoms with Crippen molar-refractivity contribution >= 4 is 25.5 Å². The van der Waals surface area contributed by atoms with Crippen LogP contribution in [0.5, 0.6) is 0 Å². The summed E-state index contributed by atoms with van der Waals surface area (Å²) in [6.07, 6.45) is -0.480. The third kappa shape index (κ3) is 8.39. The van der Waals surface area contributed by atoms with E-state index in [4.69, 9.17) is 28.0 Å². The first-order chi connectivity index (χ1) is 13.6. The van der Waals surface area contributed by atoms with Gasteiger partial charge in [-0.2, -0.15) is 0 Å². The molecule has 0 unspecified atom stereocenters. The quantitative estimate of drug-likeness (QED) is 0.288. The number of ether oxygens (including phenoxy) is 4. The van der Waals surface area contributed by atoms with Crippen LogP contribution in [-0.2, 0) is 46.9 Å². The Labute approximate surface area is 169 Å². The zero-order chi connectivity index (χ0) is 22.0. The highest BCUT2D eigenvalue weighted by atomic mass is 31.2. The molecule has 0 fully saturated rings. The minimum Gasteiger partial charge on any atom is -0.490 e. The maximum Gasteiger partial charge on any atom is 0.354 e. The molecule has 164 valence electrons. The van der Waals surface area contributed by atoms with Crippen molar-refractivity contribution in [3.63, 3.8) is 0 Å². The first-order valence-corrected chi connectivity index (χ1v) is 10.6. The van der Waals surface area contributed by atoms with E-state index in [2.05, 4.69) is 0 Å². The van der Waals surface area contributed by atoms with Crippen LogP contribution in [0, 0.1) is 0 Å². The SMILES string of the molecule is CCOP(=O)(/C=C/C1=CO[C@H](COC(C)=O)[C@@H](OC(C)=O)[C@@H]1OC(C)=O)OCC. The lowest BCUT2D eigenvalue weighted by Crippen LogP contribution is -2.49. The van der Waals surface area contributed by atoms with Crippen LogP contribution in [-0.4, -0.2) is 56.0 Å². The van der Waals surface area contributed by atoms with Gasteiger partial charge >= 0.3 is 25.5 Å². The highest BCUT2D eigenvalue weighted by Gasteiger charge is 2.41. The Hall–Kier alpha value is -2.16. The van der Waals surface area contributed by atoms with E-state index in [1.165, 1.54) is 38.9 Å². The summed E-state index contributed by atoms with van der Waals surface area (Å²) in [6, 6.07) is 0. The average Bonchev–Trinajstić information content (AvgIpc) is 2.60. The fourth-order valence-corrected chi connectivity index (χ4v) is 3.79. The van der Waals surface area contributed by atoms with E-state index in [0.717, 1.165) is 0 Å². The Morgan fingerprint density at radius 1 is 1.03 bits per heavy atom. The Morgan fingerprint density at radius 3 is 2.10 bits per heavy atom. The van der Waals surface area contributed by atoms with E-state index in [1.54, 1.807) is 13.8 Å². The predicted octanol–water partition coefficient (Wildman–Crippen LogP) is 2.48. The van der Waals surface area contributed by atoms with Gasteiger partial charge in [0.15, 0.2) is 18.3 Å². The van der Waals surface area contributed by atoms with Gasteiger partial charge < -0.3 is 28.0 Å². The first kappa shape index (κ1) is 24.9. The van der Waals surface area contributed by atoms with E-state index in [-0.39, 0.29) is 25.4 Å². The molecular formula is C18H27O10P. The lowest BCUT2D eigenvalue weighted by Gasteiger charge is -2.35. The van der Waals surface area contributed by atoms with Crippen molar-refractivity contribution < 1.29 is 46.9 Å². The van der Waals surface area contributed by atoms with Crippen LogP contribution in [0.2, 0.25) is 0 Å². The minimum atomic E-state index is -3.53. The largest absolute Gasteiger partial charge is 0.490 e. The molecule has 11 heteroatoms. The molecule has 0 saturated carbocycles. The summed E-state index contributed by atoms with van der Waals surface area (Å²) in [6.45, 7) is 7.01. The molecule has 0 aliphatic carbocycles. The predicted molar refractivity (Wildman–Crippen MR) is 101 cm³/mol. The molecule has 1 heterocycles. The molecule has 0 saturated heterocycles. The van der Waals surface area contributed by atoms with Gasteiger partial charge in [-0.3, -0.25) is 18.9 Å². The standard InChI is InChI=1S/C18H27O10P/c1-6-25-29(22,26-7-2)9-8-15-10-24-16(11-23-12(3)19)18(28-14(5)21)17(15)27-13(4)20/h8-10,16-18H,6-7,11H2,1-5H3/b9-8+/t16-,17-,18-/m1/s1. The molecule has 1 aliphatic rings. The number of hydrogen-bond donors (Lipinski definition) is 0. The Balaban J connectivity index is 3.23. The van der Waals surface area contributed by atoms with Crippen molar-refractivity contribution in [3.05, 3.63) is 23.7 Å². The minimum absolute atomic E-state index is 0.158. The van der Waals surface area contributed by atoms with Gasteiger partial charge in [-0.25, -0.2) is 0 Å². The molecular weight excluding hydrogens is 407 g/mol.